The lowest BCUT2D eigenvalue weighted by Gasteiger charge is -2.22. The molecule has 0 bridgehead atoms. The topological polar surface area (TPSA) is 70.1 Å². The zero-order chi connectivity index (χ0) is 13.7. The van der Waals surface area contributed by atoms with Gasteiger partial charge < -0.3 is 9.84 Å². The van der Waals surface area contributed by atoms with Gasteiger partial charge in [-0.1, -0.05) is 0 Å². The van der Waals surface area contributed by atoms with E-state index in [2.05, 4.69) is 4.90 Å². The molecule has 0 amide bonds. The predicted octanol–water partition coefficient (Wildman–Crippen LogP) is -0.505. The first-order valence-corrected chi connectivity index (χ1v) is 8.65. The average molecular weight is 292 g/mol. The van der Waals surface area contributed by atoms with E-state index in [1.54, 1.807) is 4.31 Å². The fourth-order valence-corrected chi connectivity index (χ4v) is 4.42. The molecule has 0 radical (unpaired) electrons. The fraction of sp³-hybridized carbons (Fsp3) is 1.00. The van der Waals surface area contributed by atoms with Gasteiger partial charge in [-0.2, -0.15) is 0 Å². The molecule has 6 nitrogen and oxygen atoms in total. The Morgan fingerprint density at radius 3 is 2.68 bits per heavy atom. The van der Waals surface area contributed by atoms with Gasteiger partial charge in [0.05, 0.1) is 18.5 Å². The van der Waals surface area contributed by atoms with Gasteiger partial charge in [0.2, 0.25) is 10.0 Å². The highest BCUT2D eigenvalue weighted by molar-refractivity contribution is 7.89. The third-order valence-electron chi connectivity index (χ3n) is 3.78. The van der Waals surface area contributed by atoms with Crippen LogP contribution in [-0.4, -0.2) is 80.5 Å². The maximum atomic E-state index is 12.3. The SMILES string of the molecule is O=S(=O)(CC1CCCO1)N1CCCN(CCO)CC1. The van der Waals surface area contributed by atoms with Crippen LogP contribution in [0.4, 0.5) is 0 Å². The number of nitrogens with zero attached hydrogens (tertiary/aromatic N) is 2. The molecule has 1 unspecified atom stereocenters. The lowest BCUT2D eigenvalue weighted by molar-refractivity contribution is 0.126. The molecule has 2 rings (SSSR count). The van der Waals surface area contributed by atoms with Crippen molar-refractivity contribution >= 4 is 10.0 Å². The first kappa shape index (κ1) is 15.2. The molecule has 19 heavy (non-hydrogen) atoms. The van der Waals surface area contributed by atoms with E-state index in [1.165, 1.54) is 0 Å². The highest BCUT2D eigenvalue weighted by Crippen LogP contribution is 2.17. The van der Waals surface area contributed by atoms with Gasteiger partial charge in [0.15, 0.2) is 0 Å². The first-order chi connectivity index (χ1) is 9.12. The number of hydrogen-bond acceptors (Lipinski definition) is 5. The molecule has 2 aliphatic heterocycles. The zero-order valence-electron chi connectivity index (χ0n) is 11.3. The normalized spacial score (nSPS) is 27.5. The molecule has 0 aliphatic carbocycles. The maximum absolute atomic E-state index is 12.3. The Kier molecular flexibility index (Phi) is 5.58. The molecule has 2 fully saturated rings. The van der Waals surface area contributed by atoms with Crippen molar-refractivity contribution in [2.75, 3.05) is 51.7 Å². The molecule has 2 saturated heterocycles. The molecule has 0 aromatic rings. The average Bonchev–Trinajstić information content (AvgIpc) is 2.73. The van der Waals surface area contributed by atoms with Crippen molar-refractivity contribution < 1.29 is 18.3 Å². The molecule has 2 aliphatic rings. The van der Waals surface area contributed by atoms with Crippen LogP contribution in [0.3, 0.4) is 0 Å². The smallest absolute Gasteiger partial charge is 0.216 e. The fourth-order valence-electron chi connectivity index (χ4n) is 2.71. The van der Waals surface area contributed by atoms with E-state index in [-0.39, 0.29) is 18.5 Å². The predicted molar refractivity (Wildman–Crippen MR) is 72.5 cm³/mol. The molecule has 0 aromatic carbocycles. The minimum atomic E-state index is -3.21. The summed E-state index contributed by atoms with van der Waals surface area (Å²) in [5.41, 5.74) is 0. The standard InChI is InChI=1S/C12H24N2O4S/c15-9-8-13-4-2-5-14(7-6-13)19(16,17)11-12-3-1-10-18-12/h12,15H,1-11H2. The van der Waals surface area contributed by atoms with Crippen LogP contribution in [0, 0.1) is 0 Å². The van der Waals surface area contributed by atoms with E-state index in [9.17, 15) is 8.42 Å². The lowest BCUT2D eigenvalue weighted by atomic mass is 10.3. The van der Waals surface area contributed by atoms with Crippen LogP contribution in [0.1, 0.15) is 19.3 Å². The summed E-state index contributed by atoms with van der Waals surface area (Å²) in [6.07, 6.45) is 2.51. The zero-order valence-corrected chi connectivity index (χ0v) is 12.1. The number of aliphatic hydroxyl groups excluding tert-OH is 1. The highest BCUT2D eigenvalue weighted by atomic mass is 32.2. The second-order valence-corrected chi connectivity index (χ2v) is 7.24. The van der Waals surface area contributed by atoms with Crippen LogP contribution in [0.5, 0.6) is 0 Å². The Morgan fingerprint density at radius 1 is 1.16 bits per heavy atom. The van der Waals surface area contributed by atoms with E-state index in [1.807, 2.05) is 0 Å². The van der Waals surface area contributed by atoms with Crippen LogP contribution in [-0.2, 0) is 14.8 Å². The second kappa shape index (κ2) is 6.99. The van der Waals surface area contributed by atoms with Crippen molar-refractivity contribution in [1.29, 1.82) is 0 Å². The minimum absolute atomic E-state index is 0.118. The van der Waals surface area contributed by atoms with Crippen molar-refractivity contribution in [3.05, 3.63) is 0 Å². The molecule has 112 valence electrons. The summed E-state index contributed by atoms with van der Waals surface area (Å²) < 4.78 is 31.7. The Morgan fingerprint density at radius 2 is 2.00 bits per heavy atom. The number of hydrogen-bond donors (Lipinski definition) is 1. The van der Waals surface area contributed by atoms with Crippen LogP contribution < -0.4 is 0 Å². The lowest BCUT2D eigenvalue weighted by Crippen LogP contribution is -2.39. The van der Waals surface area contributed by atoms with E-state index >= 15 is 0 Å². The van der Waals surface area contributed by atoms with Crippen LogP contribution in [0.2, 0.25) is 0 Å². The van der Waals surface area contributed by atoms with Crippen molar-refractivity contribution in [3.8, 4) is 0 Å². The van der Waals surface area contributed by atoms with Crippen molar-refractivity contribution in [2.24, 2.45) is 0 Å². The molecule has 2 heterocycles. The number of aliphatic hydroxyl groups is 1. The number of sulfonamides is 1. The van der Waals surface area contributed by atoms with Gasteiger partial charge in [-0.25, -0.2) is 12.7 Å². The molecular weight excluding hydrogens is 268 g/mol. The Balaban J connectivity index is 1.88. The highest BCUT2D eigenvalue weighted by Gasteiger charge is 2.29. The Hall–Kier alpha value is -0.210. The summed E-state index contributed by atoms with van der Waals surface area (Å²) in [4.78, 5) is 2.11. The summed E-state index contributed by atoms with van der Waals surface area (Å²) in [6, 6.07) is 0. The monoisotopic (exact) mass is 292 g/mol. The minimum Gasteiger partial charge on any atom is -0.395 e. The third kappa shape index (κ3) is 4.39. The molecule has 0 aromatic heterocycles. The summed E-state index contributed by atoms with van der Waals surface area (Å²) in [5.74, 6) is 0.118. The van der Waals surface area contributed by atoms with Crippen molar-refractivity contribution in [3.63, 3.8) is 0 Å². The Bertz CT molecular complexity index is 368. The van der Waals surface area contributed by atoms with Gasteiger partial charge in [0, 0.05) is 32.8 Å². The largest absolute Gasteiger partial charge is 0.395 e. The van der Waals surface area contributed by atoms with E-state index in [0.717, 1.165) is 25.8 Å². The number of ether oxygens (including phenoxy) is 1. The van der Waals surface area contributed by atoms with E-state index < -0.39 is 10.0 Å². The summed E-state index contributed by atoms with van der Waals surface area (Å²) in [7, 11) is -3.21. The number of rotatable bonds is 5. The van der Waals surface area contributed by atoms with Gasteiger partial charge in [-0.05, 0) is 25.8 Å². The van der Waals surface area contributed by atoms with Crippen molar-refractivity contribution in [2.45, 2.75) is 25.4 Å². The quantitative estimate of drug-likeness (QED) is 0.739. The first-order valence-electron chi connectivity index (χ1n) is 7.04. The van der Waals surface area contributed by atoms with Crippen molar-refractivity contribution in [1.82, 2.24) is 9.21 Å². The van der Waals surface area contributed by atoms with Gasteiger partial charge in [0.1, 0.15) is 0 Å². The van der Waals surface area contributed by atoms with Gasteiger partial charge >= 0.3 is 0 Å². The second-order valence-electron chi connectivity index (χ2n) is 5.23. The molecule has 0 saturated carbocycles. The summed E-state index contributed by atoms with van der Waals surface area (Å²) >= 11 is 0. The van der Waals surface area contributed by atoms with Crippen LogP contribution in [0.25, 0.3) is 0 Å². The molecular formula is C12H24N2O4S. The van der Waals surface area contributed by atoms with Gasteiger partial charge in [-0.3, -0.25) is 4.90 Å². The summed E-state index contributed by atoms with van der Waals surface area (Å²) in [5, 5.41) is 8.94. The maximum Gasteiger partial charge on any atom is 0.216 e. The molecule has 1 N–H and O–H groups in total. The molecule has 0 spiro atoms. The van der Waals surface area contributed by atoms with Gasteiger partial charge in [0.25, 0.3) is 0 Å². The molecule has 1 atom stereocenters. The molecule has 7 heteroatoms. The summed E-state index contributed by atoms with van der Waals surface area (Å²) in [6.45, 7) is 4.09. The van der Waals surface area contributed by atoms with Crippen LogP contribution >= 0.6 is 0 Å². The number of β-amino-alcohol motifs (C(OH)–C–C–N with tert-alkyl or cyclic N) is 1. The van der Waals surface area contributed by atoms with E-state index in [4.69, 9.17) is 9.84 Å². The Labute approximate surface area is 115 Å². The third-order valence-corrected chi connectivity index (χ3v) is 5.72. The van der Waals surface area contributed by atoms with E-state index in [0.29, 0.717) is 32.8 Å². The van der Waals surface area contributed by atoms with Gasteiger partial charge in [-0.15, -0.1) is 0 Å². The van der Waals surface area contributed by atoms with Crippen LogP contribution in [0.15, 0.2) is 0 Å².